The van der Waals surface area contributed by atoms with Gasteiger partial charge in [0.1, 0.15) is 6.61 Å². The standard InChI is InChI=1S/C23H20N2O3S/c26-20-14-17(24-22-25(20)18-10-4-5-11-19(18)29-22)15-28-21(27)23(12-6-7-13-23)16-8-2-1-3-9-16/h1-5,8-11,14H,6-7,12-13,15H2. The Morgan fingerprint density at radius 2 is 1.79 bits per heavy atom. The minimum absolute atomic E-state index is 0.00734. The molecule has 0 saturated heterocycles. The fourth-order valence-corrected chi connectivity index (χ4v) is 5.37. The number of nitrogens with zero attached hydrogens (tertiary/aromatic N) is 2. The average Bonchev–Trinajstić information content (AvgIpc) is 3.38. The molecule has 0 spiro atoms. The van der Waals surface area contributed by atoms with Crippen molar-refractivity contribution >= 4 is 32.5 Å². The number of aromatic nitrogens is 2. The number of hydrogen-bond donors (Lipinski definition) is 0. The second-order valence-electron chi connectivity index (χ2n) is 7.50. The lowest BCUT2D eigenvalue weighted by molar-refractivity contribution is -0.152. The minimum atomic E-state index is -0.585. The van der Waals surface area contributed by atoms with Crippen LogP contribution in [0, 0.1) is 0 Å². The summed E-state index contributed by atoms with van der Waals surface area (Å²) < 4.78 is 8.31. The maximum Gasteiger partial charge on any atom is 0.316 e. The lowest BCUT2D eigenvalue weighted by Gasteiger charge is -2.27. The summed E-state index contributed by atoms with van der Waals surface area (Å²) in [6.45, 7) is 0.00734. The third-order valence-corrected chi connectivity index (χ3v) is 6.80. The van der Waals surface area contributed by atoms with Crippen LogP contribution in [0.1, 0.15) is 36.9 Å². The van der Waals surface area contributed by atoms with Crippen LogP contribution in [-0.4, -0.2) is 15.4 Å². The van der Waals surface area contributed by atoms with E-state index in [0.29, 0.717) is 10.7 Å². The van der Waals surface area contributed by atoms with E-state index in [1.807, 2.05) is 54.6 Å². The zero-order valence-corrected chi connectivity index (χ0v) is 16.7. The van der Waals surface area contributed by atoms with Crippen LogP contribution in [0.5, 0.6) is 0 Å². The van der Waals surface area contributed by atoms with Gasteiger partial charge in [0, 0.05) is 6.07 Å². The van der Waals surface area contributed by atoms with Gasteiger partial charge in [-0.25, -0.2) is 4.98 Å². The number of benzene rings is 2. The van der Waals surface area contributed by atoms with Gasteiger partial charge in [-0.1, -0.05) is 66.6 Å². The summed E-state index contributed by atoms with van der Waals surface area (Å²) in [6.07, 6.45) is 3.61. The Kier molecular flexibility index (Phi) is 4.43. The van der Waals surface area contributed by atoms with Gasteiger partial charge in [0.2, 0.25) is 0 Å². The first kappa shape index (κ1) is 18.1. The second kappa shape index (κ2) is 7.12. The molecule has 0 amide bonds. The van der Waals surface area contributed by atoms with Gasteiger partial charge in [-0.15, -0.1) is 0 Å². The summed E-state index contributed by atoms with van der Waals surface area (Å²) in [5, 5.41) is 0. The Labute approximate surface area is 171 Å². The fraction of sp³-hybridized carbons (Fsp3) is 0.261. The van der Waals surface area contributed by atoms with E-state index < -0.39 is 5.41 Å². The van der Waals surface area contributed by atoms with Crippen LogP contribution in [0.2, 0.25) is 0 Å². The van der Waals surface area contributed by atoms with Crippen molar-refractivity contribution in [2.45, 2.75) is 37.7 Å². The van der Waals surface area contributed by atoms with Gasteiger partial charge in [0.05, 0.1) is 21.3 Å². The van der Waals surface area contributed by atoms with Crippen LogP contribution in [-0.2, 0) is 21.6 Å². The number of carbonyl (C=O) groups is 1. The third kappa shape index (κ3) is 3.04. The minimum Gasteiger partial charge on any atom is -0.458 e. The van der Waals surface area contributed by atoms with E-state index in [9.17, 15) is 9.59 Å². The molecule has 1 fully saturated rings. The third-order valence-electron chi connectivity index (χ3n) is 5.77. The zero-order chi connectivity index (χ0) is 19.8. The SMILES string of the molecule is O=C(OCc1cc(=O)n2c(n1)sc1ccccc12)C1(c2ccccc2)CCCC1. The molecule has 1 aliphatic rings. The lowest BCUT2D eigenvalue weighted by Crippen LogP contribution is -2.34. The quantitative estimate of drug-likeness (QED) is 0.471. The highest BCUT2D eigenvalue weighted by molar-refractivity contribution is 7.23. The molecule has 2 heterocycles. The van der Waals surface area contributed by atoms with Gasteiger partial charge < -0.3 is 4.74 Å². The van der Waals surface area contributed by atoms with Gasteiger partial charge >= 0.3 is 5.97 Å². The maximum absolute atomic E-state index is 13.1. The molecule has 0 aliphatic heterocycles. The molecule has 0 radical (unpaired) electrons. The van der Waals surface area contributed by atoms with Crippen LogP contribution in [0.4, 0.5) is 0 Å². The maximum atomic E-state index is 13.1. The zero-order valence-electron chi connectivity index (χ0n) is 15.8. The van der Waals surface area contributed by atoms with E-state index in [2.05, 4.69) is 4.98 Å². The van der Waals surface area contributed by atoms with Crippen molar-refractivity contribution in [2.75, 3.05) is 0 Å². The predicted octanol–water partition coefficient (Wildman–Crippen LogP) is 4.46. The number of hydrogen-bond acceptors (Lipinski definition) is 5. The fourth-order valence-electron chi connectivity index (χ4n) is 4.32. The van der Waals surface area contributed by atoms with Crippen molar-refractivity contribution in [3.63, 3.8) is 0 Å². The monoisotopic (exact) mass is 404 g/mol. The molecule has 0 bridgehead atoms. The summed E-state index contributed by atoms with van der Waals surface area (Å²) in [7, 11) is 0. The summed E-state index contributed by atoms with van der Waals surface area (Å²) in [6, 6.07) is 19.1. The first-order chi connectivity index (χ1) is 14.2. The van der Waals surface area contributed by atoms with E-state index in [4.69, 9.17) is 4.74 Å². The highest BCUT2D eigenvalue weighted by Crippen LogP contribution is 2.42. The Bertz CT molecular complexity index is 1250. The van der Waals surface area contributed by atoms with Crippen molar-refractivity contribution in [3.05, 3.63) is 82.3 Å². The van der Waals surface area contributed by atoms with Crippen LogP contribution < -0.4 is 5.56 Å². The van der Waals surface area contributed by atoms with Gasteiger partial charge in [0.25, 0.3) is 5.56 Å². The molecule has 5 nitrogen and oxygen atoms in total. The molecule has 0 unspecified atom stereocenters. The summed E-state index contributed by atoms with van der Waals surface area (Å²) in [5.74, 6) is -0.223. The van der Waals surface area contributed by atoms with Gasteiger partial charge in [-0.05, 0) is 30.5 Å². The number of ether oxygens (including phenoxy) is 1. The van der Waals surface area contributed by atoms with Crippen molar-refractivity contribution in [1.29, 1.82) is 0 Å². The molecule has 146 valence electrons. The van der Waals surface area contributed by atoms with Crippen LogP contribution in [0.25, 0.3) is 15.2 Å². The number of para-hydroxylation sites is 1. The molecule has 6 heteroatoms. The van der Waals surface area contributed by atoms with Crippen LogP contribution in [0.15, 0.2) is 65.5 Å². The summed E-state index contributed by atoms with van der Waals surface area (Å²) in [4.78, 5) is 30.9. The number of rotatable bonds is 4. The molecule has 1 aliphatic carbocycles. The van der Waals surface area contributed by atoms with Crippen molar-refractivity contribution in [2.24, 2.45) is 0 Å². The van der Waals surface area contributed by atoms with E-state index in [0.717, 1.165) is 41.5 Å². The summed E-state index contributed by atoms with van der Waals surface area (Å²) >= 11 is 1.46. The molecular weight excluding hydrogens is 384 g/mol. The molecule has 5 rings (SSSR count). The molecular formula is C23H20N2O3S. The van der Waals surface area contributed by atoms with E-state index in [1.54, 1.807) is 4.40 Å². The lowest BCUT2D eigenvalue weighted by atomic mass is 9.79. The first-order valence-electron chi connectivity index (χ1n) is 9.80. The van der Waals surface area contributed by atoms with E-state index in [-0.39, 0.29) is 18.1 Å². The number of esters is 1. The molecule has 1 saturated carbocycles. The molecule has 2 aromatic heterocycles. The number of thiazole rings is 1. The molecule has 0 N–H and O–H groups in total. The highest BCUT2D eigenvalue weighted by Gasteiger charge is 2.44. The number of carbonyl (C=O) groups excluding carboxylic acids is 1. The van der Waals surface area contributed by atoms with Crippen LogP contribution >= 0.6 is 11.3 Å². The summed E-state index contributed by atoms with van der Waals surface area (Å²) in [5.41, 5.74) is 1.60. The molecule has 0 atom stereocenters. The molecule has 2 aromatic carbocycles. The van der Waals surface area contributed by atoms with Crippen molar-refractivity contribution < 1.29 is 9.53 Å². The molecule has 29 heavy (non-hydrogen) atoms. The normalized spacial score (nSPS) is 15.7. The van der Waals surface area contributed by atoms with E-state index >= 15 is 0 Å². The Morgan fingerprint density at radius 3 is 2.59 bits per heavy atom. The second-order valence-corrected chi connectivity index (χ2v) is 8.51. The van der Waals surface area contributed by atoms with Gasteiger partial charge in [0.15, 0.2) is 4.96 Å². The Morgan fingerprint density at radius 1 is 1.07 bits per heavy atom. The Balaban J connectivity index is 1.43. The average molecular weight is 404 g/mol. The largest absolute Gasteiger partial charge is 0.458 e. The first-order valence-corrected chi connectivity index (χ1v) is 10.6. The van der Waals surface area contributed by atoms with Crippen molar-refractivity contribution in [3.8, 4) is 0 Å². The highest BCUT2D eigenvalue weighted by atomic mass is 32.1. The smallest absolute Gasteiger partial charge is 0.316 e. The van der Waals surface area contributed by atoms with Crippen LogP contribution in [0.3, 0.4) is 0 Å². The van der Waals surface area contributed by atoms with Gasteiger partial charge in [-0.3, -0.25) is 14.0 Å². The van der Waals surface area contributed by atoms with Gasteiger partial charge in [-0.2, -0.15) is 0 Å². The van der Waals surface area contributed by atoms with E-state index in [1.165, 1.54) is 17.4 Å². The predicted molar refractivity (Wildman–Crippen MR) is 113 cm³/mol. The number of fused-ring (bicyclic) bond motifs is 3. The van der Waals surface area contributed by atoms with Crippen molar-refractivity contribution in [1.82, 2.24) is 9.38 Å². The molecule has 4 aromatic rings. The Hall–Kier alpha value is -2.99. The topological polar surface area (TPSA) is 60.7 Å².